The summed E-state index contributed by atoms with van der Waals surface area (Å²) < 4.78 is 1.08. The van der Waals surface area contributed by atoms with Crippen molar-refractivity contribution in [2.75, 3.05) is 4.90 Å². The van der Waals surface area contributed by atoms with E-state index in [1.165, 1.54) is 0 Å². The number of piperidine rings is 1. The monoisotopic (exact) mass is 327 g/mol. The van der Waals surface area contributed by atoms with E-state index < -0.39 is 0 Å². The Bertz CT molecular complexity index is 501. The van der Waals surface area contributed by atoms with Crippen LogP contribution in [0.3, 0.4) is 0 Å². The standard InChI is InChI=1S/C14H15BrClNO/c1-8-4-12(15)14(7-13(8)16)17-9-2-3-10(17)6-11(18)5-9/h4,7,9-10H,2-3,5-6H2,1H3. The molecule has 18 heavy (non-hydrogen) atoms. The van der Waals surface area contributed by atoms with Gasteiger partial charge < -0.3 is 4.90 Å². The molecule has 2 fully saturated rings. The maximum absolute atomic E-state index is 11.6. The van der Waals surface area contributed by atoms with Crippen LogP contribution in [0.4, 0.5) is 5.69 Å². The van der Waals surface area contributed by atoms with Gasteiger partial charge in [0.1, 0.15) is 5.78 Å². The number of ketones is 1. The van der Waals surface area contributed by atoms with Crippen LogP contribution in [0.1, 0.15) is 31.2 Å². The van der Waals surface area contributed by atoms with Crippen LogP contribution in [0.2, 0.25) is 5.02 Å². The second-order valence-corrected chi connectivity index (χ2v) is 6.55. The molecule has 2 bridgehead atoms. The van der Waals surface area contributed by atoms with Gasteiger partial charge in [0.2, 0.25) is 0 Å². The summed E-state index contributed by atoms with van der Waals surface area (Å²) in [6, 6.07) is 4.83. The Balaban J connectivity index is 2.01. The van der Waals surface area contributed by atoms with Gasteiger partial charge >= 0.3 is 0 Å². The van der Waals surface area contributed by atoms with E-state index in [0.29, 0.717) is 30.7 Å². The molecule has 2 saturated heterocycles. The second-order valence-electron chi connectivity index (χ2n) is 5.29. The molecule has 3 rings (SSSR count). The lowest BCUT2D eigenvalue weighted by atomic mass is 10.0. The number of nitrogens with zero attached hydrogens (tertiary/aromatic N) is 1. The highest BCUT2D eigenvalue weighted by Gasteiger charge is 2.40. The number of aryl methyl sites for hydroxylation is 1. The molecule has 2 atom stereocenters. The van der Waals surface area contributed by atoms with Crippen LogP contribution in [0.15, 0.2) is 16.6 Å². The number of Topliss-reactive ketones (excluding diaryl/α,β-unsaturated/α-hetero) is 1. The Hall–Kier alpha value is -0.540. The van der Waals surface area contributed by atoms with Crippen molar-refractivity contribution >= 4 is 39.0 Å². The van der Waals surface area contributed by atoms with E-state index in [-0.39, 0.29) is 0 Å². The molecule has 2 aliphatic heterocycles. The molecule has 1 aromatic rings. The molecule has 2 heterocycles. The van der Waals surface area contributed by atoms with Gasteiger partial charge in [-0.05, 0) is 53.4 Å². The van der Waals surface area contributed by atoms with Crippen molar-refractivity contribution in [3.63, 3.8) is 0 Å². The highest BCUT2D eigenvalue weighted by molar-refractivity contribution is 9.10. The first kappa shape index (κ1) is 12.5. The fraction of sp³-hybridized carbons (Fsp3) is 0.500. The van der Waals surface area contributed by atoms with Crippen molar-refractivity contribution in [2.24, 2.45) is 0 Å². The van der Waals surface area contributed by atoms with E-state index in [4.69, 9.17) is 11.6 Å². The molecule has 0 radical (unpaired) electrons. The van der Waals surface area contributed by atoms with Crippen molar-refractivity contribution in [3.05, 3.63) is 27.2 Å². The first-order chi connectivity index (χ1) is 8.56. The topological polar surface area (TPSA) is 20.3 Å². The molecule has 0 amide bonds. The van der Waals surface area contributed by atoms with Gasteiger partial charge in [0.05, 0.1) is 5.69 Å². The summed E-state index contributed by atoms with van der Waals surface area (Å²) >= 11 is 9.86. The van der Waals surface area contributed by atoms with Gasteiger partial charge in [-0.15, -0.1) is 0 Å². The molecule has 0 N–H and O–H groups in total. The zero-order chi connectivity index (χ0) is 12.9. The normalized spacial score (nSPS) is 26.8. The molecule has 4 heteroatoms. The van der Waals surface area contributed by atoms with Crippen molar-refractivity contribution < 1.29 is 4.79 Å². The molecule has 0 aromatic heterocycles. The molecule has 0 spiro atoms. The zero-order valence-corrected chi connectivity index (χ0v) is 12.6. The minimum atomic E-state index is 0.367. The van der Waals surface area contributed by atoms with Crippen molar-refractivity contribution in [1.29, 1.82) is 0 Å². The molecular formula is C14H15BrClNO. The summed E-state index contributed by atoms with van der Waals surface area (Å²) in [6.45, 7) is 2.01. The lowest BCUT2D eigenvalue weighted by molar-refractivity contribution is -0.120. The minimum absolute atomic E-state index is 0.367. The van der Waals surface area contributed by atoms with Crippen LogP contribution in [-0.2, 0) is 4.79 Å². The number of benzene rings is 1. The van der Waals surface area contributed by atoms with Crippen LogP contribution in [0.5, 0.6) is 0 Å². The fourth-order valence-electron chi connectivity index (χ4n) is 3.20. The van der Waals surface area contributed by atoms with Crippen LogP contribution in [-0.4, -0.2) is 17.9 Å². The average Bonchev–Trinajstić information content (AvgIpc) is 2.56. The number of carbonyl (C=O) groups excluding carboxylic acids is 1. The van der Waals surface area contributed by atoms with Crippen molar-refractivity contribution in [3.8, 4) is 0 Å². The second kappa shape index (κ2) is 4.53. The van der Waals surface area contributed by atoms with Crippen LogP contribution < -0.4 is 4.90 Å². The van der Waals surface area contributed by atoms with Gasteiger partial charge in [0.25, 0.3) is 0 Å². The van der Waals surface area contributed by atoms with Gasteiger partial charge in [-0.2, -0.15) is 0 Å². The number of anilines is 1. The van der Waals surface area contributed by atoms with Gasteiger partial charge in [-0.3, -0.25) is 4.79 Å². The van der Waals surface area contributed by atoms with Gasteiger partial charge in [0.15, 0.2) is 0 Å². The van der Waals surface area contributed by atoms with E-state index in [1.807, 2.05) is 13.0 Å². The summed E-state index contributed by atoms with van der Waals surface area (Å²) in [6.07, 6.45) is 3.62. The van der Waals surface area contributed by atoms with E-state index in [9.17, 15) is 4.79 Å². The molecule has 2 nitrogen and oxygen atoms in total. The molecule has 2 unspecified atom stereocenters. The summed E-state index contributed by atoms with van der Waals surface area (Å²) in [4.78, 5) is 14.0. The van der Waals surface area contributed by atoms with E-state index >= 15 is 0 Å². The van der Waals surface area contributed by atoms with Gasteiger partial charge in [-0.25, -0.2) is 0 Å². The van der Waals surface area contributed by atoms with E-state index in [1.54, 1.807) is 0 Å². The smallest absolute Gasteiger partial charge is 0.137 e. The van der Waals surface area contributed by atoms with Crippen molar-refractivity contribution in [2.45, 2.75) is 44.7 Å². The third kappa shape index (κ3) is 1.97. The predicted octanol–water partition coefficient (Wildman–Crippen LogP) is 4.11. The van der Waals surface area contributed by atoms with Crippen molar-refractivity contribution in [1.82, 2.24) is 0 Å². The lowest BCUT2D eigenvalue weighted by Gasteiger charge is -2.37. The Kier molecular flexibility index (Phi) is 3.15. The Labute approximate surface area is 120 Å². The Morgan fingerprint density at radius 1 is 1.28 bits per heavy atom. The number of hydrogen-bond donors (Lipinski definition) is 0. The minimum Gasteiger partial charge on any atom is -0.364 e. The first-order valence-electron chi connectivity index (χ1n) is 6.32. The largest absolute Gasteiger partial charge is 0.364 e. The summed E-state index contributed by atoms with van der Waals surface area (Å²) in [5.74, 6) is 0.410. The first-order valence-corrected chi connectivity index (χ1v) is 7.49. The molecule has 0 aliphatic carbocycles. The maximum Gasteiger partial charge on any atom is 0.137 e. The highest BCUT2D eigenvalue weighted by atomic mass is 79.9. The van der Waals surface area contributed by atoms with Crippen LogP contribution in [0.25, 0.3) is 0 Å². The third-order valence-corrected chi connectivity index (χ3v) is 5.10. The molecule has 96 valence electrons. The van der Waals surface area contributed by atoms with Gasteiger partial charge in [-0.1, -0.05) is 11.6 Å². The van der Waals surface area contributed by atoms with E-state index in [2.05, 4.69) is 26.9 Å². The predicted molar refractivity (Wildman–Crippen MR) is 77.4 cm³/mol. The third-order valence-electron chi connectivity index (χ3n) is 4.05. The lowest BCUT2D eigenvalue weighted by Crippen LogP contribution is -2.43. The Morgan fingerprint density at radius 2 is 1.89 bits per heavy atom. The summed E-state index contributed by atoms with van der Waals surface area (Å²) in [7, 11) is 0. The number of rotatable bonds is 1. The number of fused-ring (bicyclic) bond motifs is 2. The van der Waals surface area contributed by atoms with Crippen LogP contribution >= 0.6 is 27.5 Å². The number of halogens is 2. The molecule has 1 aromatic carbocycles. The molecule has 0 saturated carbocycles. The fourth-order valence-corrected chi connectivity index (χ4v) is 4.02. The SMILES string of the molecule is Cc1cc(Br)c(N2C3CCC2CC(=O)C3)cc1Cl. The average molecular weight is 329 g/mol. The molecule has 2 aliphatic rings. The molecular weight excluding hydrogens is 314 g/mol. The maximum atomic E-state index is 11.6. The number of hydrogen-bond acceptors (Lipinski definition) is 2. The van der Waals surface area contributed by atoms with Crippen LogP contribution in [0, 0.1) is 6.92 Å². The highest BCUT2D eigenvalue weighted by Crippen LogP contribution is 2.42. The zero-order valence-electron chi connectivity index (χ0n) is 10.2. The summed E-state index contributed by atoms with van der Waals surface area (Å²) in [5.41, 5.74) is 2.22. The van der Waals surface area contributed by atoms with E-state index in [0.717, 1.165) is 33.6 Å². The summed E-state index contributed by atoms with van der Waals surface area (Å²) in [5, 5.41) is 0.796. The number of carbonyl (C=O) groups is 1. The quantitative estimate of drug-likeness (QED) is 0.773. The van der Waals surface area contributed by atoms with Gasteiger partial charge in [0, 0.05) is 34.4 Å². The Morgan fingerprint density at radius 3 is 2.50 bits per heavy atom.